The summed E-state index contributed by atoms with van der Waals surface area (Å²) in [6, 6.07) is 5.26. The zero-order chi connectivity index (χ0) is 24.5. The number of alkyl halides is 3. The van der Waals surface area contributed by atoms with Crippen LogP contribution in [-0.4, -0.2) is 36.7 Å². The van der Waals surface area contributed by atoms with Crippen molar-refractivity contribution in [1.82, 2.24) is 4.72 Å². The minimum absolute atomic E-state index is 0.173. The number of nitro benzene ring substituents is 1. The summed E-state index contributed by atoms with van der Waals surface area (Å²) in [4.78, 5) is 10.2. The lowest BCUT2D eigenvalue weighted by Gasteiger charge is -2.28. The molecule has 0 spiro atoms. The summed E-state index contributed by atoms with van der Waals surface area (Å²) in [5.74, 6) is -0.527. The van der Waals surface area contributed by atoms with Crippen molar-refractivity contribution in [2.24, 2.45) is 0 Å². The van der Waals surface area contributed by atoms with E-state index in [1.165, 1.54) is 13.0 Å². The van der Waals surface area contributed by atoms with Crippen molar-refractivity contribution in [3.63, 3.8) is 0 Å². The number of aryl methyl sites for hydroxylation is 1. The average Bonchev–Trinajstić information content (AvgIpc) is 3.05. The summed E-state index contributed by atoms with van der Waals surface area (Å²) in [6.45, 7) is 5.68. The van der Waals surface area contributed by atoms with E-state index in [1.807, 2.05) is 0 Å². The molecule has 0 aliphatic rings. The Bertz CT molecular complexity index is 1090. The topological polar surface area (TPSA) is 135 Å². The van der Waals surface area contributed by atoms with Crippen LogP contribution in [0.2, 0.25) is 0 Å². The number of nitro groups is 1. The molecular formula is C19H24F3N3O6S. The second-order valence-electron chi connectivity index (χ2n) is 8.24. The maximum atomic E-state index is 13.5. The quantitative estimate of drug-likeness (QED) is 0.387. The Kier molecular flexibility index (Phi) is 6.98. The highest BCUT2D eigenvalue weighted by Gasteiger charge is 2.56. The average molecular weight is 479 g/mol. The van der Waals surface area contributed by atoms with Crippen LogP contribution in [0.25, 0.3) is 0 Å². The summed E-state index contributed by atoms with van der Waals surface area (Å²) < 4.78 is 72.8. The van der Waals surface area contributed by atoms with Gasteiger partial charge in [-0.1, -0.05) is 0 Å². The number of anilines is 1. The Morgan fingerprint density at radius 2 is 1.78 bits per heavy atom. The maximum absolute atomic E-state index is 13.5. The van der Waals surface area contributed by atoms with E-state index in [-0.39, 0.29) is 16.3 Å². The van der Waals surface area contributed by atoms with Crippen LogP contribution < -0.4 is 10.0 Å². The van der Waals surface area contributed by atoms with E-state index in [0.29, 0.717) is 0 Å². The molecule has 1 heterocycles. The molecule has 0 aliphatic heterocycles. The second-order valence-corrected chi connectivity index (χ2v) is 9.92. The van der Waals surface area contributed by atoms with Crippen LogP contribution in [0.4, 0.5) is 24.5 Å². The summed E-state index contributed by atoms with van der Waals surface area (Å²) in [6.07, 6.45) is -5.98. The van der Waals surface area contributed by atoms with Gasteiger partial charge in [-0.25, -0.2) is 13.1 Å². The zero-order valence-electron chi connectivity index (χ0n) is 17.8. The van der Waals surface area contributed by atoms with Crippen molar-refractivity contribution in [1.29, 1.82) is 0 Å². The molecule has 3 N–H and O–H groups in total. The highest BCUT2D eigenvalue weighted by atomic mass is 32.2. The Hall–Kier alpha value is -2.64. The first-order valence-corrected chi connectivity index (χ1v) is 10.9. The van der Waals surface area contributed by atoms with Crippen molar-refractivity contribution in [2.45, 2.75) is 56.3 Å². The number of hydrogen-bond acceptors (Lipinski definition) is 7. The van der Waals surface area contributed by atoms with Gasteiger partial charge >= 0.3 is 6.18 Å². The van der Waals surface area contributed by atoms with Crippen molar-refractivity contribution in [3.8, 4) is 0 Å². The SMILES string of the molecule is Cc1ccc(C(O)(CCNc2ccc(S(=O)(=O)NC(C)(C)C)cc2[N+](=O)[O-])C(F)(F)F)o1. The Morgan fingerprint density at radius 3 is 2.25 bits per heavy atom. The number of halogens is 3. The highest BCUT2D eigenvalue weighted by molar-refractivity contribution is 7.89. The predicted octanol–water partition coefficient (Wildman–Crippen LogP) is 3.83. The molecule has 0 saturated heterocycles. The van der Waals surface area contributed by atoms with Crippen LogP contribution in [0.15, 0.2) is 39.6 Å². The van der Waals surface area contributed by atoms with E-state index in [1.54, 1.807) is 20.8 Å². The van der Waals surface area contributed by atoms with Gasteiger partial charge in [0.05, 0.1) is 9.82 Å². The summed E-state index contributed by atoms with van der Waals surface area (Å²) in [7, 11) is -4.07. The molecule has 2 aromatic rings. The summed E-state index contributed by atoms with van der Waals surface area (Å²) in [5.41, 5.74) is -5.00. The minimum atomic E-state index is -5.07. The van der Waals surface area contributed by atoms with E-state index in [9.17, 15) is 36.8 Å². The third kappa shape index (κ3) is 5.78. The molecule has 13 heteroatoms. The molecular weight excluding hydrogens is 455 g/mol. The monoisotopic (exact) mass is 479 g/mol. The fourth-order valence-corrected chi connectivity index (χ4v) is 4.32. The standard InChI is InChI=1S/C19H24F3N3O6S/c1-12-5-8-16(31-12)18(26,19(20,21)22)9-10-23-14-7-6-13(11-15(14)25(27)28)32(29,30)24-17(2,3)4/h5-8,11,23-24,26H,9-10H2,1-4H3. The van der Waals surface area contributed by atoms with Crippen LogP contribution in [0.3, 0.4) is 0 Å². The van der Waals surface area contributed by atoms with E-state index < -0.39 is 56.7 Å². The first-order chi connectivity index (χ1) is 14.5. The fourth-order valence-electron chi connectivity index (χ4n) is 2.88. The van der Waals surface area contributed by atoms with E-state index in [4.69, 9.17) is 4.42 Å². The molecule has 0 amide bonds. The van der Waals surface area contributed by atoms with Gasteiger partial charge in [0.15, 0.2) is 0 Å². The van der Waals surface area contributed by atoms with Gasteiger partial charge in [-0.2, -0.15) is 13.2 Å². The molecule has 1 atom stereocenters. The van der Waals surface area contributed by atoms with Crippen molar-refractivity contribution in [2.75, 3.05) is 11.9 Å². The second kappa shape index (κ2) is 8.71. The fraction of sp³-hybridized carbons (Fsp3) is 0.474. The zero-order valence-corrected chi connectivity index (χ0v) is 18.6. The molecule has 1 unspecified atom stereocenters. The summed E-state index contributed by atoms with van der Waals surface area (Å²) >= 11 is 0. The van der Waals surface area contributed by atoms with Crippen molar-refractivity contribution >= 4 is 21.4 Å². The van der Waals surface area contributed by atoms with Gasteiger partial charge in [0.25, 0.3) is 5.69 Å². The van der Waals surface area contributed by atoms with E-state index in [0.717, 1.165) is 24.3 Å². The van der Waals surface area contributed by atoms with Crippen LogP contribution in [0.1, 0.15) is 38.7 Å². The molecule has 0 aliphatic carbocycles. The number of benzene rings is 1. The normalized spacial score (nSPS) is 14.8. The first-order valence-electron chi connectivity index (χ1n) is 9.38. The number of nitrogens with zero attached hydrogens (tertiary/aromatic N) is 1. The molecule has 0 radical (unpaired) electrons. The predicted molar refractivity (Wildman–Crippen MR) is 110 cm³/mol. The third-order valence-electron chi connectivity index (χ3n) is 4.34. The third-order valence-corrected chi connectivity index (χ3v) is 6.09. The molecule has 32 heavy (non-hydrogen) atoms. The smallest absolute Gasteiger partial charge is 0.424 e. The van der Waals surface area contributed by atoms with Crippen LogP contribution in [-0.2, 0) is 15.6 Å². The molecule has 0 fully saturated rings. The van der Waals surface area contributed by atoms with Crippen molar-refractivity contribution < 1.29 is 36.0 Å². The first kappa shape index (κ1) is 25.6. The minimum Gasteiger partial charge on any atom is -0.463 e. The summed E-state index contributed by atoms with van der Waals surface area (Å²) in [5, 5.41) is 24.2. The molecule has 9 nitrogen and oxygen atoms in total. The van der Waals surface area contributed by atoms with Gasteiger partial charge in [0.2, 0.25) is 15.6 Å². The number of nitrogens with one attached hydrogen (secondary N) is 2. The number of sulfonamides is 1. The van der Waals surface area contributed by atoms with Gasteiger partial charge in [-0.3, -0.25) is 10.1 Å². The molecule has 2 rings (SSSR count). The van der Waals surface area contributed by atoms with Gasteiger partial charge in [-0.05, 0) is 52.0 Å². The van der Waals surface area contributed by atoms with E-state index >= 15 is 0 Å². The van der Waals surface area contributed by atoms with Crippen molar-refractivity contribution in [3.05, 3.63) is 52.0 Å². The number of rotatable bonds is 8. The molecule has 0 saturated carbocycles. The van der Waals surface area contributed by atoms with Gasteiger partial charge in [0.1, 0.15) is 17.2 Å². The van der Waals surface area contributed by atoms with Crippen LogP contribution in [0.5, 0.6) is 0 Å². The Balaban J connectivity index is 2.28. The molecule has 1 aromatic carbocycles. The Labute approximate surface area is 182 Å². The van der Waals surface area contributed by atoms with Crippen LogP contribution in [0, 0.1) is 17.0 Å². The number of furan rings is 1. The lowest BCUT2D eigenvalue weighted by Crippen LogP contribution is -2.43. The number of aliphatic hydroxyl groups is 1. The van der Waals surface area contributed by atoms with Gasteiger partial charge < -0.3 is 14.8 Å². The number of hydrogen-bond donors (Lipinski definition) is 3. The molecule has 1 aromatic heterocycles. The molecule has 178 valence electrons. The maximum Gasteiger partial charge on any atom is 0.424 e. The largest absolute Gasteiger partial charge is 0.463 e. The highest BCUT2D eigenvalue weighted by Crippen LogP contribution is 2.42. The lowest BCUT2D eigenvalue weighted by molar-refractivity contribution is -0.384. The van der Waals surface area contributed by atoms with E-state index in [2.05, 4.69) is 10.0 Å². The Morgan fingerprint density at radius 1 is 1.16 bits per heavy atom. The lowest BCUT2D eigenvalue weighted by atomic mass is 9.95. The van der Waals surface area contributed by atoms with Gasteiger partial charge in [0, 0.05) is 24.6 Å². The van der Waals surface area contributed by atoms with Crippen LogP contribution >= 0.6 is 0 Å². The molecule has 0 bridgehead atoms. The van der Waals surface area contributed by atoms with Gasteiger partial charge in [-0.15, -0.1) is 0 Å².